The van der Waals surface area contributed by atoms with Gasteiger partial charge in [0.05, 0.1) is 29.3 Å². The van der Waals surface area contributed by atoms with Crippen molar-refractivity contribution in [3.63, 3.8) is 0 Å². The van der Waals surface area contributed by atoms with Crippen molar-refractivity contribution in [1.82, 2.24) is 0 Å². The van der Waals surface area contributed by atoms with Crippen LogP contribution >= 0.6 is 11.8 Å². The van der Waals surface area contributed by atoms with Crippen LogP contribution < -0.4 is 0 Å². The standard InChI is InChI=1S/C13H15NO7S/c1-7(15)22-6-11(16)12(17)9-4-3-8(13(18)21-2)5-10(9)14(19)20/h3-5,11-12,16-17H,6H2,1-2H3. The van der Waals surface area contributed by atoms with E-state index < -0.39 is 28.8 Å². The van der Waals surface area contributed by atoms with Crippen molar-refractivity contribution < 1.29 is 29.5 Å². The highest BCUT2D eigenvalue weighted by molar-refractivity contribution is 8.13. The minimum absolute atomic E-state index is 0.0437. The normalized spacial score (nSPS) is 13.3. The zero-order valence-corrected chi connectivity index (χ0v) is 12.7. The molecule has 0 bridgehead atoms. The molecule has 2 atom stereocenters. The van der Waals surface area contributed by atoms with Crippen molar-refractivity contribution >= 4 is 28.5 Å². The second-order valence-corrected chi connectivity index (χ2v) is 5.53. The Morgan fingerprint density at radius 2 is 2.05 bits per heavy atom. The number of aliphatic hydroxyl groups excluding tert-OH is 2. The highest BCUT2D eigenvalue weighted by Gasteiger charge is 2.28. The molecule has 2 N–H and O–H groups in total. The third-order valence-electron chi connectivity index (χ3n) is 2.79. The van der Waals surface area contributed by atoms with Gasteiger partial charge in [-0.25, -0.2) is 4.79 Å². The summed E-state index contributed by atoms with van der Waals surface area (Å²) < 4.78 is 4.47. The van der Waals surface area contributed by atoms with E-state index in [-0.39, 0.29) is 22.0 Å². The number of hydrogen-bond acceptors (Lipinski definition) is 8. The summed E-state index contributed by atoms with van der Waals surface area (Å²) in [6.45, 7) is 1.30. The third-order valence-corrected chi connectivity index (χ3v) is 3.70. The molecule has 0 saturated carbocycles. The molecule has 1 aromatic rings. The van der Waals surface area contributed by atoms with Crippen molar-refractivity contribution in [3.8, 4) is 0 Å². The van der Waals surface area contributed by atoms with E-state index in [0.29, 0.717) is 0 Å². The number of aliphatic hydroxyl groups is 2. The number of thioether (sulfide) groups is 1. The molecule has 0 radical (unpaired) electrons. The summed E-state index contributed by atoms with van der Waals surface area (Å²) in [7, 11) is 1.14. The molecule has 120 valence electrons. The molecule has 8 nitrogen and oxygen atoms in total. The van der Waals surface area contributed by atoms with E-state index in [2.05, 4.69) is 4.74 Å². The van der Waals surface area contributed by atoms with Crippen LogP contribution in [0.4, 0.5) is 5.69 Å². The van der Waals surface area contributed by atoms with Gasteiger partial charge in [-0.2, -0.15) is 0 Å². The van der Waals surface area contributed by atoms with Gasteiger partial charge in [0.1, 0.15) is 6.10 Å². The monoisotopic (exact) mass is 329 g/mol. The SMILES string of the molecule is COC(=O)c1ccc(C(O)C(O)CSC(C)=O)c([N+](=O)[O-])c1. The van der Waals surface area contributed by atoms with Crippen molar-refractivity contribution in [1.29, 1.82) is 0 Å². The molecule has 0 aliphatic heterocycles. The predicted molar refractivity (Wildman–Crippen MR) is 78.5 cm³/mol. The summed E-state index contributed by atoms with van der Waals surface area (Å²) in [4.78, 5) is 32.5. The van der Waals surface area contributed by atoms with Crippen LogP contribution in [-0.4, -0.2) is 45.2 Å². The fraction of sp³-hybridized carbons (Fsp3) is 0.385. The number of nitrogens with zero attached hydrogens (tertiary/aromatic N) is 1. The lowest BCUT2D eigenvalue weighted by Gasteiger charge is -2.17. The Morgan fingerprint density at radius 3 is 2.55 bits per heavy atom. The van der Waals surface area contributed by atoms with Crippen molar-refractivity contribution in [2.45, 2.75) is 19.1 Å². The molecule has 9 heteroatoms. The maximum atomic E-state index is 11.4. The van der Waals surface area contributed by atoms with E-state index in [4.69, 9.17) is 0 Å². The van der Waals surface area contributed by atoms with Crippen molar-refractivity contribution in [2.24, 2.45) is 0 Å². The first-order valence-corrected chi connectivity index (χ1v) is 7.12. The number of methoxy groups -OCH3 is 1. The van der Waals surface area contributed by atoms with E-state index in [9.17, 15) is 29.9 Å². The number of nitro groups is 1. The maximum Gasteiger partial charge on any atom is 0.338 e. The molecule has 0 spiro atoms. The molecule has 0 aliphatic carbocycles. The van der Waals surface area contributed by atoms with E-state index in [1.165, 1.54) is 19.1 Å². The Bertz CT molecular complexity index is 590. The third kappa shape index (κ3) is 4.52. The number of rotatable bonds is 6. The zero-order chi connectivity index (χ0) is 16.9. The van der Waals surface area contributed by atoms with Crippen LogP contribution in [-0.2, 0) is 9.53 Å². The number of esters is 1. The van der Waals surface area contributed by atoms with Crippen LogP contribution in [0.15, 0.2) is 18.2 Å². The summed E-state index contributed by atoms with van der Waals surface area (Å²) in [5.74, 6) is -0.858. The smallest absolute Gasteiger partial charge is 0.338 e. The Kier molecular flexibility index (Phi) is 6.47. The largest absolute Gasteiger partial charge is 0.465 e. The number of ether oxygens (including phenoxy) is 1. The minimum atomic E-state index is -1.56. The molecule has 1 rings (SSSR count). The Hall–Kier alpha value is -1.97. The van der Waals surface area contributed by atoms with Crippen molar-refractivity contribution in [3.05, 3.63) is 39.4 Å². The minimum Gasteiger partial charge on any atom is -0.465 e. The van der Waals surface area contributed by atoms with E-state index in [1.54, 1.807) is 0 Å². The molecule has 2 unspecified atom stereocenters. The van der Waals surface area contributed by atoms with Gasteiger partial charge in [0, 0.05) is 18.7 Å². The van der Waals surface area contributed by atoms with Crippen LogP contribution in [0.1, 0.15) is 28.9 Å². The van der Waals surface area contributed by atoms with Crippen molar-refractivity contribution in [2.75, 3.05) is 12.9 Å². The molecule has 0 saturated heterocycles. The van der Waals surface area contributed by atoms with Gasteiger partial charge in [-0.15, -0.1) is 0 Å². The summed E-state index contributed by atoms with van der Waals surface area (Å²) in [5.41, 5.74) is -0.700. The lowest BCUT2D eigenvalue weighted by Crippen LogP contribution is -2.22. The number of nitro benzene ring substituents is 1. The fourth-order valence-electron chi connectivity index (χ4n) is 1.70. The number of hydrogen-bond donors (Lipinski definition) is 2. The van der Waals surface area contributed by atoms with E-state index >= 15 is 0 Å². The average molecular weight is 329 g/mol. The van der Waals surface area contributed by atoms with Gasteiger partial charge in [0.25, 0.3) is 5.69 Å². The first-order valence-electron chi connectivity index (χ1n) is 6.14. The molecule has 0 aromatic heterocycles. The van der Waals surface area contributed by atoms with Gasteiger partial charge < -0.3 is 14.9 Å². The second-order valence-electron chi connectivity index (χ2n) is 4.34. The summed E-state index contributed by atoms with van der Waals surface area (Å²) in [5, 5.41) is 30.7. The lowest BCUT2D eigenvalue weighted by atomic mass is 10.0. The van der Waals surface area contributed by atoms with Gasteiger partial charge >= 0.3 is 5.97 Å². The highest BCUT2D eigenvalue weighted by Crippen LogP contribution is 2.29. The number of carbonyl (C=O) groups is 2. The molecule has 0 amide bonds. The molecule has 0 fully saturated rings. The van der Waals surface area contributed by atoms with Crippen LogP contribution in [0.3, 0.4) is 0 Å². The van der Waals surface area contributed by atoms with Gasteiger partial charge in [0.15, 0.2) is 5.12 Å². The molecule has 0 aliphatic rings. The van der Waals surface area contributed by atoms with Gasteiger partial charge in [-0.1, -0.05) is 11.8 Å². The summed E-state index contributed by atoms with van der Waals surface area (Å²) in [6.07, 6.45) is -2.92. The van der Waals surface area contributed by atoms with Crippen LogP contribution in [0.2, 0.25) is 0 Å². The van der Waals surface area contributed by atoms with E-state index in [1.807, 2.05) is 0 Å². The Labute approximate surface area is 130 Å². The molecular formula is C13H15NO7S. The van der Waals surface area contributed by atoms with E-state index in [0.717, 1.165) is 24.9 Å². The second kappa shape index (κ2) is 7.87. The highest BCUT2D eigenvalue weighted by atomic mass is 32.2. The Balaban J connectivity index is 3.09. The number of carbonyl (C=O) groups excluding carboxylic acids is 2. The van der Waals surface area contributed by atoms with Gasteiger partial charge in [-0.05, 0) is 12.1 Å². The summed E-state index contributed by atoms with van der Waals surface area (Å²) in [6, 6.07) is 3.40. The topological polar surface area (TPSA) is 127 Å². The first-order chi connectivity index (χ1) is 10.3. The maximum absolute atomic E-state index is 11.4. The fourth-order valence-corrected chi connectivity index (χ4v) is 2.29. The van der Waals surface area contributed by atoms with Gasteiger partial charge in [-0.3, -0.25) is 14.9 Å². The molecule has 1 aromatic carbocycles. The Morgan fingerprint density at radius 1 is 1.41 bits per heavy atom. The molecule has 22 heavy (non-hydrogen) atoms. The lowest BCUT2D eigenvalue weighted by molar-refractivity contribution is -0.386. The molecular weight excluding hydrogens is 314 g/mol. The molecule has 0 heterocycles. The van der Waals surface area contributed by atoms with Crippen LogP contribution in [0.25, 0.3) is 0 Å². The van der Waals surface area contributed by atoms with Crippen LogP contribution in [0.5, 0.6) is 0 Å². The average Bonchev–Trinajstić information content (AvgIpc) is 2.50. The van der Waals surface area contributed by atoms with Crippen LogP contribution in [0, 0.1) is 10.1 Å². The first kappa shape index (κ1) is 18.1. The zero-order valence-electron chi connectivity index (χ0n) is 11.9. The van der Waals surface area contributed by atoms with Gasteiger partial charge in [0.2, 0.25) is 0 Å². The predicted octanol–water partition coefficient (Wildman–Crippen LogP) is 1.06. The summed E-state index contributed by atoms with van der Waals surface area (Å²) >= 11 is 0.795. The quantitative estimate of drug-likeness (QED) is 0.450. The number of benzene rings is 1.